The molecule has 0 bridgehead atoms. The van der Waals surface area contributed by atoms with E-state index in [1.807, 2.05) is 0 Å². The first-order valence-corrected chi connectivity index (χ1v) is 8.23. The van der Waals surface area contributed by atoms with Crippen molar-refractivity contribution in [3.63, 3.8) is 0 Å². The fourth-order valence-electron chi connectivity index (χ4n) is 3.00. The predicted octanol–water partition coefficient (Wildman–Crippen LogP) is 4.10. The highest BCUT2D eigenvalue weighted by Crippen LogP contribution is 2.40. The summed E-state index contributed by atoms with van der Waals surface area (Å²) in [5.41, 5.74) is 2.84. The molecule has 1 fully saturated rings. The lowest BCUT2D eigenvalue weighted by atomic mass is 9.95. The fraction of sp³-hybridized carbons (Fsp3) is 0.667. The molecule has 0 aliphatic heterocycles. The summed E-state index contributed by atoms with van der Waals surface area (Å²) in [6.45, 7) is 8.31. The molecule has 2 heteroatoms. The standard InChI is InChI=1S/C18H29NO/c1-4-8-14-9-7-10-16(13-14)17(19-5-2)18(20-6-3)15-11-12-15/h7,9-10,13,15,17-19H,4-6,8,11-12H2,1-3H3. The molecule has 1 aromatic carbocycles. The van der Waals surface area contributed by atoms with Crippen molar-refractivity contribution >= 4 is 0 Å². The van der Waals surface area contributed by atoms with Crippen molar-refractivity contribution in [1.82, 2.24) is 5.32 Å². The zero-order chi connectivity index (χ0) is 14.4. The Morgan fingerprint density at radius 1 is 1.25 bits per heavy atom. The Morgan fingerprint density at radius 3 is 2.65 bits per heavy atom. The number of hydrogen-bond acceptors (Lipinski definition) is 2. The van der Waals surface area contributed by atoms with Crippen LogP contribution < -0.4 is 5.32 Å². The van der Waals surface area contributed by atoms with E-state index in [-0.39, 0.29) is 0 Å². The maximum absolute atomic E-state index is 6.07. The van der Waals surface area contributed by atoms with Gasteiger partial charge >= 0.3 is 0 Å². The zero-order valence-electron chi connectivity index (χ0n) is 13.2. The molecule has 2 unspecified atom stereocenters. The second kappa shape index (κ2) is 7.80. The second-order valence-electron chi connectivity index (χ2n) is 5.79. The Labute approximate surface area is 123 Å². The quantitative estimate of drug-likeness (QED) is 0.732. The predicted molar refractivity (Wildman–Crippen MR) is 85.0 cm³/mol. The highest BCUT2D eigenvalue weighted by atomic mass is 16.5. The van der Waals surface area contributed by atoms with Crippen LogP contribution in [0.4, 0.5) is 0 Å². The van der Waals surface area contributed by atoms with Crippen LogP contribution in [0.15, 0.2) is 24.3 Å². The molecule has 0 heterocycles. The number of aryl methyl sites for hydroxylation is 1. The number of likely N-dealkylation sites (N-methyl/N-ethyl adjacent to an activating group) is 1. The van der Waals surface area contributed by atoms with Gasteiger partial charge in [0.15, 0.2) is 0 Å². The minimum Gasteiger partial charge on any atom is -0.376 e. The second-order valence-corrected chi connectivity index (χ2v) is 5.79. The Bertz CT molecular complexity index is 400. The number of rotatable bonds is 9. The molecule has 20 heavy (non-hydrogen) atoms. The lowest BCUT2D eigenvalue weighted by Gasteiger charge is -2.28. The minimum absolute atomic E-state index is 0.330. The molecule has 0 saturated heterocycles. The maximum atomic E-state index is 6.07. The van der Waals surface area contributed by atoms with Crippen LogP contribution in [-0.2, 0) is 11.2 Å². The van der Waals surface area contributed by atoms with Crippen LogP contribution in [0, 0.1) is 5.92 Å². The van der Waals surface area contributed by atoms with E-state index < -0.39 is 0 Å². The molecule has 2 rings (SSSR count). The van der Waals surface area contributed by atoms with Crippen molar-refractivity contribution < 1.29 is 4.74 Å². The van der Waals surface area contributed by atoms with E-state index in [2.05, 4.69) is 50.4 Å². The molecule has 1 aliphatic carbocycles. The normalized spacial score (nSPS) is 17.9. The summed E-state index contributed by atoms with van der Waals surface area (Å²) in [4.78, 5) is 0. The Hall–Kier alpha value is -0.860. The first-order chi connectivity index (χ1) is 9.80. The highest BCUT2D eigenvalue weighted by Gasteiger charge is 2.37. The molecule has 2 atom stereocenters. The average molecular weight is 275 g/mol. The van der Waals surface area contributed by atoms with Crippen LogP contribution in [0.2, 0.25) is 0 Å². The lowest BCUT2D eigenvalue weighted by molar-refractivity contribution is 0.0189. The van der Waals surface area contributed by atoms with E-state index >= 15 is 0 Å². The van der Waals surface area contributed by atoms with Crippen LogP contribution in [0.3, 0.4) is 0 Å². The van der Waals surface area contributed by atoms with Crippen LogP contribution in [0.25, 0.3) is 0 Å². The Morgan fingerprint density at radius 2 is 2.05 bits per heavy atom. The van der Waals surface area contributed by atoms with Crippen LogP contribution in [0.1, 0.15) is 57.2 Å². The van der Waals surface area contributed by atoms with Crippen molar-refractivity contribution in [2.24, 2.45) is 5.92 Å². The van der Waals surface area contributed by atoms with Crippen molar-refractivity contribution in [2.45, 2.75) is 58.6 Å². The molecular formula is C18H29NO. The maximum Gasteiger partial charge on any atom is 0.0797 e. The molecule has 0 amide bonds. The molecular weight excluding hydrogens is 246 g/mol. The number of benzene rings is 1. The SMILES string of the molecule is CCCc1cccc(C(NCC)C(OCC)C2CC2)c1. The van der Waals surface area contributed by atoms with Gasteiger partial charge < -0.3 is 10.1 Å². The number of nitrogens with one attached hydrogen (secondary N) is 1. The Kier molecular flexibility index (Phi) is 6.06. The molecule has 1 N–H and O–H groups in total. The first-order valence-electron chi connectivity index (χ1n) is 8.23. The summed E-state index contributed by atoms with van der Waals surface area (Å²) >= 11 is 0. The zero-order valence-corrected chi connectivity index (χ0v) is 13.2. The van der Waals surface area contributed by atoms with Crippen LogP contribution in [-0.4, -0.2) is 19.3 Å². The van der Waals surface area contributed by atoms with Gasteiger partial charge in [-0.3, -0.25) is 0 Å². The van der Waals surface area contributed by atoms with Gasteiger partial charge in [0.1, 0.15) is 0 Å². The van der Waals surface area contributed by atoms with E-state index in [1.165, 1.54) is 30.4 Å². The molecule has 1 saturated carbocycles. The van der Waals surface area contributed by atoms with E-state index in [9.17, 15) is 0 Å². The van der Waals surface area contributed by atoms with Gasteiger partial charge in [-0.2, -0.15) is 0 Å². The smallest absolute Gasteiger partial charge is 0.0797 e. The third-order valence-electron chi connectivity index (χ3n) is 4.05. The van der Waals surface area contributed by atoms with E-state index in [4.69, 9.17) is 4.74 Å². The van der Waals surface area contributed by atoms with Crippen molar-refractivity contribution in [1.29, 1.82) is 0 Å². The average Bonchev–Trinajstić information content (AvgIpc) is 3.28. The molecule has 1 aliphatic rings. The minimum atomic E-state index is 0.330. The summed E-state index contributed by atoms with van der Waals surface area (Å²) in [7, 11) is 0. The van der Waals surface area contributed by atoms with Gasteiger partial charge in [0.25, 0.3) is 0 Å². The van der Waals surface area contributed by atoms with Gasteiger partial charge in [0.2, 0.25) is 0 Å². The molecule has 1 aromatic rings. The summed E-state index contributed by atoms with van der Waals surface area (Å²) in [5, 5.41) is 3.65. The van der Waals surface area contributed by atoms with Crippen molar-refractivity contribution in [3.05, 3.63) is 35.4 Å². The summed E-state index contributed by atoms with van der Waals surface area (Å²) in [6.07, 6.45) is 5.34. The van der Waals surface area contributed by atoms with Crippen LogP contribution >= 0.6 is 0 Å². The first kappa shape index (κ1) is 15.5. The molecule has 0 radical (unpaired) electrons. The van der Waals surface area contributed by atoms with Crippen molar-refractivity contribution in [3.8, 4) is 0 Å². The topological polar surface area (TPSA) is 21.3 Å². The van der Waals surface area contributed by atoms with Gasteiger partial charge in [0, 0.05) is 6.61 Å². The van der Waals surface area contributed by atoms with Crippen molar-refractivity contribution in [2.75, 3.05) is 13.2 Å². The third kappa shape index (κ3) is 4.07. The Balaban J connectivity index is 2.19. The monoisotopic (exact) mass is 275 g/mol. The summed E-state index contributed by atoms with van der Waals surface area (Å²) in [5.74, 6) is 0.744. The van der Waals surface area contributed by atoms with Crippen LogP contribution in [0.5, 0.6) is 0 Å². The third-order valence-corrected chi connectivity index (χ3v) is 4.05. The largest absolute Gasteiger partial charge is 0.376 e. The molecule has 0 aromatic heterocycles. The summed E-state index contributed by atoms with van der Waals surface area (Å²) < 4.78 is 6.07. The van der Waals surface area contributed by atoms with Gasteiger partial charge in [-0.15, -0.1) is 0 Å². The summed E-state index contributed by atoms with van der Waals surface area (Å²) in [6, 6.07) is 9.39. The van der Waals surface area contributed by atoms with Gasteiger partial charge in [-0.05, 0) is 49.8 Å². The van der Waals surface area contributed by atoms with Gasteiger partial charge in [-0.1, -0.05) is 44.5 Å². The van der Waals surface area contributed by atoms with E-state index in [1.54, 1.807) is 0 Å². The number of ether oxygens (including phenoxy) is 1. The van der Waals surface area contributed by atoms with Gasteiger partial charge in [-0.25, -0.2) is 0 Å². The molecule has 2 nitrogen and oxygen atoms in total. The fourth-order valence-corrected chi connectivity index (χ4v) is 3.00. The molecule has 0 spiro atoms. The number of hydrogen-bond donors (Lipinski definition) is 1. The highest BCUT2D eigenvalue weighted by molar-refractivity contribution is 5.27. The van der Waals surface area contributed by atoms with Gasteiger partial charge in [0.05, 0.1) is 12.1 Å². The van der Waals surface area contributed by atoms with E-state index in [0.717, 1.165) is 25.5 Å². The van der Waals surface area contributed by atoms with E-state index in [0.29, 0.717) is 12.1 Å². The lowest BCUT2D eigenvalue weighted by Crippen LogP contribution is -2.35. The molecule has 112 valence electrons.